The van der Waals surface area contributed by atoms with Crippen LogP contribution in [0.15, 0.2) is 36.4 Å². The minimum atomic E-state index is -0.898. The fourth-order valence-corrected chi connectivity index (χ4v) is 3.65. The van der Waals surface area contributed by atoms with Crippen molar-refractivity contribution in [1.82, 2.24) is 4.90 Å². The number of anilines is 1. The van der Waals surface area contributed by atoms with Crippen molar-refractivity contribution < 1.29 is 19.1 Å². The molecule has 1 atom stereocenters. The summed E-state index contributed by atoms with van der Waals surface area (Å²) in [5, 5.41) is 2.89. The van der Waals surface area contributed by atoms with Crippen molar-refractivity contribution in [1.29, 1.82) is 0 Å². The molecule has 1 aliphatic heterocycles. The lowest BCUT2D eigenvalue weighted by atomic mass is 10.0. The summed E-state index contributed by atoms with van der Waals surface area (Å²) in [7, 11) is 0. The number of nitrogens with zero attached hydrogens (tertiary/aromatic N) is 1. The molecule has 0 spiro atoms. The highest BCUT2D eigenvalue weighted by atomic mass is 16.5. The number of aryl methyl sites for hydroxylation is 3. The number of esters is 1. The summed E-state index contributed by atoms with van der Waals surface area (Å²) in [6.07, 6.45) is -0.898. The van der Waals surface area contributed by atoms with Gasteiger partial charge in [-0.05, 0) is 56.5 Å². The van der Waals surface area contributed by atoms with Gasteiger partial charge in [-0.25, -0.2) is 4.79 Å². The van der Waals surface area contributed by atoms with E-state index >= 15 is 0 Å². The van der Waals surface area contributed by atoms with Crippen molar-refractivity contribution in [2.75, 3.05) is 31.6 Å². The molecule has 1 N–H and O–H groups in total. The number of rotatable bonds is 6. The normalized spacial score (nSPS) is 15.5. The van der Waals surface area contributed by atoms with Crippen molar-refractivity contribution in [2.24, 2.45) is 0 Å². The number of ether oxygens (including phenoxy) is 2. The summed E-state index contributed by atoms with van der Waals surface area (Å²) in [6, 6.07) is 11.4. The molecule has 1 saturated heterocycles. The lowest BCUT2D eigenvalue weighted by molar-refractivity contribution is -0.123. The molecule has 1 aliphatic rings. The highest BCUT2D eigenvalue weighted by Crippen LogP contribution is 2.22. The Kier molecular flexibility index (Phi) is 7.24. The lowest BCUT2D eigenvalue weighted by Gasteiger charge is -2.26. The zero-order valence-corrected chi connectivity index (χ0v) is 18.2. The Morgan fingerprint density at radius 1 is 1.07 bits per heavy atom. The zero-order valence-electron chi connectivity index (χ0n) is 18.2. The first kappa shape index (κ1) is 22.0. The molecular weight excluding hydrogens is 380 g/mol. The van der Waals surface area contributed by atoms with Gasteiger partial charge < -0.3 is 14.8 Å². The summed E-state index contributed by atoms with van der Waals surface area (Å²) in [6.45, 7) is 11.7. The molecule has 0 radical (unpaired) electrons. The molecule has 3 rings (SSSR count). The molecule has 0 aliphatic carbocycles. The van der Waals surface area contributed by atoms with E-state index in [9.17, 15) is 9.59 Å². The van der Waals surface area contributed by atoms with E-state index in [1.54, 1.807) is 19.1 Å². The number of nitrogens with one attached hydrogen (secondary N) is 1. The standard InChI is InChI=1S/C24H30N2O4/c1-16-13-17(2)22(18(3)14-16)25-23(27)19(4)30-24(28)21-7-5-20(6-8-21)15-26-9-11-29-12-10-26/h5-8,13-14,19H,9-12,15H2,1-4H3,(H,25,27)/t19-/m0/s1. The van der Waals surface area contributed by atoms with Crippen molar-refractivity contribution in [2.45, 2.75) is 40.3 Å². The van der Waals surface area contributed by atoms with E-state index in [2.05, 4.69) is 10.2 Å². The van der Waals surface area contributed by atoms with Crippen molar-refractivity contribution in [3.63, 3.8) is 0 Å². The molecule has 30 heavy (non-hydrogen) atoms. The number of amides is 1. The van der Waals surface area contributed by atoms with Crippen LogP contribution in [0.1, 0.15) is 39.5 Å². The minimum Gasteiger partial charge on any atom is -0.449 e. The van der Waals surface area contributed by atoms with Gasteiger partial charge in [-0.15, -0.1) is 0 Å². The van der Waals surface area contributed by atoms with E-state index < -0.39 is 12.1 Å². The molecule has 0 saturated carbocycles. The van der Waals surface area contributed by atoms with Crippen LogP contribution in [0.5, 0.6) is 0 Å². The molecular formula is C24H30N2O4. The average molecular weight is 411 g/mol. The van der Waals surface area contributed by atoms with Crippen LogP contribution < -0.4 is 5.32 Å². The maximum Gasteiger partial charge on any atom is 0.338 e. The van der Waals surface area contributed by atoms with Crippen molar-refractivity contribution in [3.8, 4) is 0 Å². The molecule has 1 amide bonds. The van der Waals surface area contributed by atoms with E-state index in [1.807, 2.05) is 45.0 Å². The van der Waals surface area contributed by atoms with Crippen molar-refractivity contribution in [3.05, 3.63) is 64.2 Å². The number of morpholine rings is 1. The largest absolute Gasteiger partial charge is 0.449 e. The van der Waals surface area contributed by atoms with Crippen molar-refractivity contribution >= 4 is 17.6 Å². The third-order valence-corrected chi connectivity index (χ3v) is 5.28. The summed E-state index contributed by atoms with van der Waals surface area (Å²) >= 11 is 0. The Balaban J connectivity index is 1.56. The van der Waals surface area contributed by atoms with Gasteiger partial charge in [0.15, 0.2) is 6.10 Å². The summed E-state index contributed by atoms with van der Waals surface area (Å²) in [5.41, 5.74) is 5.43. The first-order valence-corrected chi connectivity index (χ1v) is 10.3. The zero-order chi connectivity index (χ0) is 21.7. The van der Waals surface area contributed by atoms with Gasteiger partial charge in [-0.2, -0.15) is 0 Å². The Morgan fingerprint density at radius 2 is 1.67 bits per heavy atom. The molecule has 2 aromatic rings. The van der Waals surface area contributed by atoms with Crippen LogP contribution in [0.4, 0.5) is 5.69 Å². The molecule has 0 aromatic heterocycles. The third kappa shape index (κ3) is 5.68. The van der Waals surface area contributed by atoms with Crippen LogP contribution in [-0.4, -0.2) is 49.2 Å². The molecule has 0 unspecified atom stereocenters. The van der Waals surface area contributed by atoms with Gasteiger partial charge in [0.25, 0.3) is 5.91 Å². The lowest BCUT2D eigenvalue weighted by Crippen LogP contribution is -2.35. The highest BCUT2D eigenvalue weighted by Gasteiger charge is 2.20. The number of carbonyl (C=O) groups excluding carboxylic acids is 2. The fraction of sp³-hybridized carbons (Fsp3) is 0.417. The van der Waals surface area contributed by atoms with Gasteiger partial charge in [0.05, 0.1) is 18.8 Å². The van der Waals surface area contributed by atoms with E-state index in [0.717, 1.165) is 60.8 Å². The second-order valence-corrected chi connectivity index (χ2v) is 7.90. The van der Waals surface area contributed by atoms with Gasteiger partial charge in [0, 0.05) is 25.3 Å². The second-order valence-electron chi connectivity index (χ2n) is 7.90. The molecule has 6 nitrogen and oxygen atoms in total. The van der Waals surface area contributed by atoms with Crippen LogP contribution in [0, 0.1) is 20.8 Å². The predicted molar refractivity (Wildman–Crippen MR) is 117 cm³/mol. The van der Waals surface area contributed by atoms with E-state index in [4.69, 9.17) is 9.47 Å². The Bertz CT molecular complexity index is 879. The minimum absolute atomic E-state index is 0.345. The monoisotopic (exact) mass is 410 g/mol. The smallest absolute Gasteiger partial charge is 0.338 e. The molecule has 1 heterocycles. The Labute approximate surface area is 178 Å². The second kappa shape index (κ2) is 9.87. The Morgan fingerprint density at radius 3 is 2.27 bits per heavy atom. The SMILES string of the molecule is Cc1cc(C)c(NC(=O)[C@H](C)OC(=O)c2ccc(CN3CCOCC3)cc2)c(C)c1. The van der Waals surface area contributed by atoms with E-state index in [-0.39, 0.29) is 5.91 Å². The quantitative estimate of drug-likeness (QED) is 0.737. The van der Waals surface area contributed by atoms with Crippen LogP contribution in [0.3, 0.4) is 0 Å². The summed E-state index contributed by atoms with van der Waals surface area (Å²) in [5.74, 6) is -0.852. The number of hydrogen-bond acceptors (Lipinski definition) is 5. The van der Waals surface area contributed by atoms with E-state index in [0.29, 0.717) is 5.56 Å². The molecule has 6 heteroatoms. The summed E-state index contributed by atoms with van der Waals surface area (Å²) < 4.78 is 10.8. The van der Waals surface area contributed by atoms with Gasteiger partial charge >= 0.3 is 5.97 Å². The molecule has 0 bridgehead atoms. The van der Waals surface area contributed by atoms with Gasteiger partial charge in [-0.1, -0.05) is 29.8 Å². The number of hydrogen-bond donors (Lipinski definition) is 1. The molecule has 2 aromatic carbocycles. The summed E-state index contributed by atoms with van der Waals surface area (Å²) in [4.78, 5) is 27.3. The van der Waals surface area contributed by atoms with E-state index in [1.165, 1.54) is 0 Å². The fourth-order valence-electron chi connectivity index (χ4n) is 3.65. The number of carbonyl (C=O) groups is 2. The van der Waals surface area contributed by atoms with Gasteiger partial charge in [-0.3, -0.25) is 9.69 Å². The van der Waals surface area contributed by atoms with Gasteiger partial charge in [0.2, 0.25) is 0 Å². The third-order valence-electron chi connectivity index (χ3n) is 5.28. The van der Waals surface area contributed by atoms with Gasteiger partial charge in [0.1, 0.15) is 0 Å². The van der Waals surface area contributed by atoms with Crippen LogP contribution in [0.25, 0.3) is 0 Å². The maximum atomic E-state index is 12.5. The maximum absolute atomic E-state index is 12.5. The molecule has 160 valence electrons. The topological polar surface area (TPSA) is 67.9 Å². The predicted octanol–water partition coefficient (Wildman–Crippen LogP) is 3.63. The average Bonchev–Trinajstić information content (AvgIpc) is 2.71. The highest BCUT2D eigenvalue weighted by molar-refractivity contribution is 5.98. The molecule has 1 fully saturated rings. The van der Waals surface area contributed by atoms with Crippen LogP contribution >= 0.6 is 0 Å². The first-order chi connectivity index (χ1) is 14.3. The van der Waals surface area contributed by atoms with Crippen LogP contribution in [-0.2, 0) is 20.8 Å². The van der Waals surface area contributed by atoms with Crippen LogP contribution in [0.2, 0.25) is 0 Å². The Hall–Kier alpha value is -2.70. The first-order valence-electron chi connectivity index (χ1n) is 10.3. The number of benzene rings is 2.